The maximum atomic E-state index is 13.0. The van der Waals surface area contributed by atoms with Crippen molar-refractivity contribution in [1.29, 1.82) is 0 Å². The van der Waals surface area contributed by atoms with Crippen LogP contribution in [0.15, 0.2) is 18.2 Å². The molecule has 6 heteroatoms. The van der Waals surface area contributed by atoms with Crippen molar-refractivity contribution in [2.45, 2.75) is 19.3 Å². The summed E-state index contributed by atoms with van der Waals surface area (Å²) in [6, 6.07) is 4.10. The first-order chi connectivity index (χ1) is 9.52. The molecule has 1 aromatic carbocycles. The van der Waals surface area contributed by atoms with Gasteiger partial charge in [0.15, 0.2) is 0 Å². The maximum Gasteiger partial charge on any atom is 0.238 e. The lowest BCUT2D eigenvalue weighted by Gasteiger charge is -2.16. The first kappa shape index (κ1) is 16.4. The number of halogens is 1. The molecule has 0 atom stereocenters. The first-order valence-corrected chi connectivity index (χ1v) is 6.67. The van der Waals surface area contributed by atoms with Gasteiger partial charge in [-0.25, -0.2) is 4.39 Å². The van der Waals surface area contributed by atoms with Gasteiger partial charge in [0.2, 0.25) is 5.91 Å². The fourth-order valence-corrected chi connectivity index (χ4v) is 1.82. The van der Waals surface area contributed by atoms with Crippen LogP contribution in [-0.4, -0.2) is 42.7 Å². The average molecular weight is 283 g/mol. The minimum absolute atomic E-state index is 0.0140. The van der Waals surface area contributed by atoms with Crippen molar-refractivity contribution < 1.29 is 14.3 Å². The van der Waals surface area contributed by atoms with Gasteiger partial charge in [0, 0.05) is 12.3 Å². The van der Waals surface area contributed by atoms with Gasteiger partial charge in [-0.2, -0.15) is 0 Å². The Bertz CT molecular complexity index is 440. The molecule has 0 aliphatic rings. The SMILES string of the molecule is CN(CCCCCO)CC(=O)Nc1ccc(F)c(N)c1. The van der Waals surface area contributed by atoms with Gasteiger partial charge in [-0.3, -0.25) is 9.69 Å². The first-order valence-electron chi connectivity index (χ1n) is 6.67. The zero-order chi connectivity index (χ0) is 15.0. The van der Waals surface area contributed by atoms with Gasteiger partial charge >= 0.3 is 0 Å². The molecule has 0 spiro atoms. The van der Waals surface area contributed by atoms with E-state index in [9.17, 15) is 9.18 Å². The second-order valence-corrected chi connectivity index (χ2v) is 4.81. The van der Waals surface area contributed by atoms with Crippen LogP contribution in [-0.2, 0) is 4.79 Å². The third-order valence-electron chi connectivity index (χ3n) is 2.89. The molecule has 0 fully saturated rings. The summed E-state index contributed by atoms with van der Waals surface area (Å²) in [6.07, 6.45) is 2.67. The number of hydrogen-bond acceptors (Lipinski definition) is 4. The molecule has 1 amide bonds. The normalized spacial score (nSPS) is 10.8. The number of aliphatic hydroxyl groups is 1. The number of amides is 1. The fourth-order valence-electron chi connectivity index (χ4n) is 1.82. The minimum Gasteiger partial charge on any atom is -0.396 e. The highest BCUT2D eigenvalue weighted by Gasteiger charge is 2.08. The van der Waals surface area contributed by atoms with Crippen LogP contribution < -0.4 is 11.1 Å². The largest absolute Gasteiger partial charge is 0.396 e. The van der Waals surface area contributed by atoms with E-state index in [-0.39, 0.29) is 24.7 Å². The maximum absolute atomic E-state index is 13.0. The van der Waals surface area contributed by atoms with Crippen LogP contribution >= 0.6 is 0 Å². The van der Waals surface area contributed by atoms with Crippen molar-refractivity contribution in [2.24, 2.45) is 0 Å². The molecule has 20 heavy (non-hydrogen) atoms. The van der Waals surface area contributed by atoms with Gasteiger partial charge < -0.3 is 16.2 Å². The number of rotatable bonds is 8. The molecule has 0 aliphatic heterocycles. The Morgan fingerprint density at radius 3 is 2.80 bits per heavy atom. The van der Waals surface area contributed by atoms with Crippen LogP contribution in [0.4, 0.5) is 15.8 Å². The topological polar surface area (TPSA) is 78.6 Å². The van der Waals surface area contributed by atoms with Crippen LogP contribution in [0.5, 0.6) is 0 Å². The van der Waals surface area contributed by atoms with Crippen molar-refractivity contribution >= 4 is 17.3 Å². The number of carbonyl (C=O) groups is 1. The Hall–Kier alpha value is -1.66. The van der Waals surface area contributed by atoms with Crippen molar-refractivity contribution in [3.63, 3.8) is 0 Å². The summed E-state index contributed by atoms with van der Waals surface area (Å²) >= 11 is 0. The molecule has 0 saturated carbocycles. The molecule has 4 N–H and O–H groups in total. The van der Waals surface area contributed by atoms with E-state index in [0.29, 0.717) is 5.69 Å². The Balaban J connectivity index is 2.33. The summed E-state index contributed by atoms with van der Waals surface area (Å²) in [4.78, 5) is 13.7. The molecule has 0 radical (unpaired) electrons. The summed E-state index contributed by atoms with van der Waals surface area (Å²) in [5, 5.41) is 11.3. The summed E-state index contributed by atoms with van der Waals surface area (Å²) < 4.78 is 13.0. The number of nitrogens with two attached hydrogens (primary N) is 1. The van der Waals surface area contributed by atoms with Gasteiger partial charge in [-0.15, -0.1) is 0 Å². The van der Waals surface area contributed by atoms with E-state index in [1.165, 1.54) is 18.2 Å². The number of carbonyl (C=O) groups excluding carboxylic acids is 1. The lowest BCUT2D eigenvalue weighted by molar-refractivity contribution is -0.117. The molecule has 5 nitrogen and oxygen atoms in total. The van der Waals surface area contributed by atoms with E-state index in [2.05, 4.69) is 5.32 Å². The third-order valence-corrected chi connectivity index (χ3v) is 2.89. The Morgan fingerprint density at radius 1 is 1.40 bits per heavy atom. The number of benzene rings is 1. The number of nitrogens with one attached hydrogen (secondary N) is 1. The molecule has 1 rings (SSSR count). The Morgan fingerprint density at radius 2 is 2.15 bits per heavy atom. The fraction of sp³-hybridized carbons (Fsp3) is 0.500. The van der Waals surface area contributed by atoms with Crippen LogP contribution in [0.2, 0.25) is 0 Å². The van der Waals surface area contributed by atoms with Crippen molar-refractivity contribution in [1.82, 2.24) is 4.90 Å². The quantitative estimate of drug-likeness (QED) is 0.498. The van der Waals surface area contributed by atoms with Crippen molar-refractivity contribution in [2.75, 3.05) is 37.8 Å². The predicted molar refractivity (Wildman–Crippen MR) is 77.9 cm³/mol. The highest BCUT2D eigenvalue weighted by molar-refractivity contribution is 5.92. The third kappa shape index (κ3) is 5.99. The molecule has 0 heterocycles. The van der Waals surface area contributed by atoms with Gasteiger partial charge in [-0.1, -0.05) is 0 Å². The lowest BCUT2D eigenvalue weighted by Crippen LogP contribution is -2.30. The van der Waals surface area contributed by atoms with Crippen LogP contribution in [0.3, 0.4) is 0 Å². The molecule has 0 unspecified atom stereocenters. The lowest BCUT2D eigenvalue weighted by atomic mass is 10.2. The second-order valence-electron chi connectivity index (χ2n) is 4.81. The summed E-state index contributed by atoms with van der Waals surface area (Å²) in [5.41, 5.74) is 5.94. The number of unbranched alkanes of at least 4 members (excludes halogenated alkanes) is 2. The smallest absolute Gasteiger partial charge is 0.238 e. The van der Waals surface area contributed by atoms with Crippen LogP contribution in [0.25, 0.3) is 0 Å². The van der Waals surface area contributed by atoms with Crippen molar-refractivity contribution in [3.05, 3.63) is 24.0 Å². The monoisotopic (exact) mass is 283 g/mol. The second kappa shape index (κ2) is 8.50. The number of likely N-dealkylation sites (N-methyl/N-ethyl adjacent to an activating group) is 1. The Labute approximate surface area is 118 Å². The molecule has 0 aromatic heterocycles. The van der Waals surface area contributed by atoms with E-state index in [1.54, 1.807) is 0 Å². The molecule has 1 aromatic rings. The summed E-state index contributed by atoms with van der Waals surface area (Å²) in [7, 11) is 1.86. The van der Waals surface area contributed by atoms with E-state index in [4.69, 9.17) is 10.8 Å². The van der Waals surface area contributed by atoms with E-state index in [1.807, 2.05) is 11.9 Å². The summed E-state index contributed by atoms with van der Waals surface area (Å²) in [6.45, 7) is 1.26. The van der Waals surface area contributed by atoms with Crippen molar-refractivity contribution in [3.8, 4) is 0 Å². The van der Waals surface area contributed by atoms with E-state index < -0.39 is 5.82 Å². The number of anilines is 2. The average Bonchev–Trinajstić information content (AvgIpc) is 2.39. The van der Waals surface area contributed by atoms with Gasteiger partial charge in [0.1, 0.15) is 5.82 Å². The number of hydrogen-bond donors (Lipinski definition) is 3. The molecular weight excluding hydrogens is 261 g/mol. The van der Waals surface area contributed by atoms with Gasteiger partial charge in [0.25, 0.3) is 0 Å². The predicted octanol–water partition coefficient (Wildman–Crippen LogP) is 1.44. The molecule has 112 valence electrons. The highest BCUT2D eigenvalue weighted by atomic mass is 19.1. The van der Waals surface area contributed by atoms with E-state index >= 15 is 0 Å². The van der Waals surface area contributed by atoms with Crippen LogP contribution in [0, 0.1) is 5.82 Å². The zero-order valence-corrected chi connectivity index (χ0v) is 11.7. The number of nitrogen functional groups attached to an aromatic ring is 1. The minimum atomic E-state index is -0.496. The molecule has 0 bridgehead atoms. The zero-order valence-electron chi connectivity index (χ0n) is 11.7. The molecular formula is C14H22FN3O2. The number of aliphatic hydroxyl groups excluding tert-OH is 1. The van der Waals surface area contributed by atoms with Gasteiger partial charge in [0.05, 0.1) is 12.2 Å². The standard InChI is InChI=1S/C14H22FN3O2/c1-18(7-3-2-4-8-19)10-14(20)17-11-5-6-12(15)13(16)9-11/h5-6,9,19H,2-4,7-8,10,16H2,1H3,(H,17,20). The summed E-state index contributed by atoms with van der Waals surface area (Å²) in [5.74, 6) is -0.662. The van der Waals surface area contributed by atoms with Gasteiger partial charge in [-0.05, 0) is 51.1 Å². The molecule has 0 aliphatic carbocycles. The van der Waals surface area contributed by atoms with Crippen LogP contribution in [0.1, 0.15) is 19.3 Å². The molecule has 0 saturated heterocycles. The van der Waals surface area contributed by atoms with E-state index in [0.717, 1.165) is 25.8 Å². The highest BCUT2D eigenvalue weighted by Crippen LogP contribution is 2.16. The Kier molecular flexibility index (Phi) is 6.97. The number of nitrogens with zero attached hydrogens (tertiary/aromatic N) is 1.